The molecule has 0 aliphatic rings. The molecule has 0 radical (unpaired) electrons. The molecule has 9 aromatic carbocycles. The second-order valence-electron chi connectivity index (χ2n) is 19.1. The van der Waals surface area contributed by atoms with Gasteiger partial charge in [-0.1, -0.05) is 241 Å². The maximum atomic E-state index is 2.36. The van der Waals surface area contributed by atoms with Crippen LogP contribution in [-0.4, -0.2) is 0 Å². The third-order valence-corrected chi connectivity index (χ3v) is 13.2. The topological polar surface area (TPSA) is 6.48 Å². The summed E-state index contributed by atoms with van der Waals surface area (Å²) < 4.78 is 0. The number of benzene rings is 9. The smallest absolute Gasteiger partial charge is 0.0490 e. The fourth-order valence-corrected chi connectivity index (χ4v) is 9.37. The molecule has 0 aliphatic heterocycles. The summed E-state index contributed by atoms with van der Waals surface area (Å²) in [7, 11) is 0. The van der Waals surface area contributed by atoms with Crippen molar-refractivity contribution in [1.82, 2.24) is 0 Å². The molecule has 0 aliphatic carbocycles. The molecule has 2 nitrogen and oxygen atoms in total. The molecule has 0 heterocycles. The van der Waals surface area contributed by atoms with Gasteiger partial charge in [-0.2, -0.15) is 0 Å². The van der Waals surface area contributed by atoms with Crippen molar-refractivity contribution in [2.45, 2.75) is 41.5 Å². The first-order valence-electron chi connectivity index (χ1n) is 25.6. The largest absolute Gasteiger partial charge is 0.310 e. The summed E-state index contributed by atoms with van der Waals surface area (Å²) >= 11 is 0. The van der Waals surface area contributed by atoms with Gasteiger partial charge in [0.2, 0.25) is 0 Å². The van der Waals surface area contributed by atoms with E-state index in [2.05, 4.69) is 331 Å². The quantitative estimate of drug-likeness (QED) is 0.0891. The van der Waals surface area contributed by atoms with Gasteiger partial charge in [-0.15, -0.1) is 0 Å². The zero-order valence-corrected chi connectivity index (χ0v) is 43.5. The molecule has 0 saturated heterocycles. The Bertz CT molecular complexity index is 3270. The van der Waals surface area contributed by atoms with E-state index in [1.165, 1.54) is 66.8 Å². The highest BCUT2D eigenvalue weighted by Gasteiger charge is 2.17. The number of aryl methyl sites for hydroxylation is 6. The molecule has 0 spiro atoms. The highest BCUT2D eigenvalue weighted by molar-refractivity contribution is 5.83. The minimum atomic E-state index is 1.11. The first-order chi connectivity index (χ1) is 36.1. The van der Waals surface area contributed by atoms with Crippen LogP contribution < -0.4 is 9.80 Å². The number of allylic oxidation sites excluding steroid dienone is 8. The Morgan fingerprint density at radius 1 is 0.243 bits per heavy atom. The molecule has 9 aromatic rings. The van der Waals surface area contributed by atoms with Gasteiger partial charge >= 0.3 is 0 Å². The van der Waals surface area contributed by atoms with E-state index in [0.29, 0.717) is 0 Å². The summed E-state index contributed by atoms with van der Waals surface area (Å²) in [5.74, 6) is 0. The SMILES string of the molecule is Cc1cccc(C=CC=CC=Cc2ccc(N(c3ccc(-c4ccc(-c5ccc(N(c6ccc(C=CC=CC=Cc7cccc(C)c7)cc6)c6ccc(C)cc6C)cc5)cc4)cc3)c3ccc(C)cc3C)cc2)c1. The maximum absolute atomic E-state index is 2.36. The zero-order chi connectivity index (χ0) is 51.2. The van der Waals surface area contributed by atoms with Crippen LogP contribution >= 0.6 is 0 Å². The highest BCUT2D eigenvalue weighted by Crippen LogP contribution is 2.40. The van der Waals surface area contributed by atoms with Gasteiger partial charge in [0.25, 0.3) is 0 Å². The summed E-state index contributed by atoms with van der Waals surface area (Å²) in [5.41, 5.74) is 23.7. The van der Waals surface area contributed by atoms with E-state index in [4.69, 9.17) is 0 Å². The Labute approximate surface area is 440 Å². The second kappa shape index (κ2) is 24.0. The average Bonchev–Trinajstić information content (AvgIpc) is 3.41. The Morgan fingerprint density at radius 3 is 0.838 bits per heavy atom. The summed E-state index contributed by atoms with van der Waals surface area (Å²) in [5, 5.41) is 0. The Kier molecular flexibility index (Phi) is 16.2. The van der Waals surface area contributed by atoms with E-state index >= 15 is 0 Å². The molecule has 0 aromatic heterocycles. The minimum Gasteiger partial charge on any atom is -0.310 e. The van der Waals surface area contributed by atoms with E-state index in [1.807, 2.05) is 0 Å². The van der Waals surface area contributed by atoms with Crippen molar-refractivity contribution in [2.24, 2.45) is 0 Å². The van der Waals surface area contributed by atoms with Gasteiger partial charge in [-0.25, -0.2) is 0 Å². The van der Waals surface area contributed by atoms with E-state index in [9.17, 15) is 0 Å². The van der Waals surface area contributed by atoms with E-state index in [0.717, 1.165) is 45.3 Å². The Hall–Kier alpha value is -8.98. The number of anilines is 6. The van der Waals surface area contributed by atoms with Crippen LogP contribution in [0.4, 0.5) is 34.1 Å². The summed E-state index contributed by atoms with van der Waals surface area (Å²) in [6.45, 7) is 12.9. The first-order valence-corrected chi connectivity index (χ1v) is 25.6. The van der Waals surface area contributed by atoms with Gasteiger partial charge in [-0.3, -0.25) is 0 Å². The van der Waals surface area contributed by atoms with E-state index in [1.54, 1.807) is 0 Å². The van der Waals surface area contributed by atoms with Crippen LogP contribution in [0.2, 0.25) is 0 Å². The van der Waals surface area contributed by atoms with Crippen LogP contribution in [0.15, 0.2) is 255 Å². The third-order valence-electron chi connectivity index (χ3n) is 13.2. The maximum Gasteiger partial charge on any atom is 0.0490 e. The van der Waals surface area contributed by atoms with Crippen molar-refractivity contribution in [3.05, 3.63) is 310 Å². The lowest BCUT2D eigenvalue weighted by Crippen LogP contribution is -2.11. The van der Waals surface area contributed by atoms with Crippen molar-refractivity contribution in [3.63, 3.8) is 0 Å². The van der Waals surface area contributed by atoms with Crippen LogP contribution in [0.3, 0.4) is 0 Å². The summed E-state index contributed by atoms with van der Waals surface area (Å²) in [6.07, 6.45) is 25.2. The number of hydrogen-bond acceptors (Lipinski definition) is 2. The van der Waals surface area contributed by atoms with Gasteiger partial charge in [0.15, 0.2) is 0 Å². The molecule has 0 bridgehead atoms. The van der Waals surface area contributed by atoms with E-state index < -0.39 is 0 Å². The molecule has 2 heteroatoms. The predicted molar refractivity (Wildman–Crippen MR) is 322 cm³/mol. The van der Waals surface area contributed by atoms with Crippen molar-refractivity contribution >= 4 is 58.4 Å². The van der Waals surface area contributed by atoms with Crippen molar-refractivity contribution in [1.29, 1.82) is 0 Å². The van der Waals surface area contributed by atoms with Gasteiger partial charge in [0, 0.05) is 34.1 Å². The van der Waals surface area contributed by atoms with E-state index in [-0.39, 0.29) is 0 Å². The van der Waals surface area contributed by atoms with Crippen molar-refractivity contribution < 1.29 is 0 Å². The van der Waals surface area contributed by atoms with Gasteiger partial charge < -0.3 is 9.80 Å². The van der Waals surface area contributed by atoms with Crippen LogP contribution in [-0.2, 0) is 0 Å². The third kappa shape index (κ3) is 12.9. The molecule has 0 saturated carbocycles. The zero-order valence-electron chi connectivity index (χ0n) is 43.5. The van der Waals surface area contributed by atoms with Gasteiger partial charge in [0.1, 0.15) is 0 Å². The van der Waals surface area contributed by atoms with Gasteiger partial charge in [0.05, 0.1) is 0 Å². The number of nitrogens with zero attached hydrogens (tertiary/aromatic N) is 2. The molecule has 362 valence electrons. The Balaban J connectivity index is 0.889. The molecule has 9 rings (SSSR count). The molecule has 0 amide bonds. The molecule has 74 heavy (non-hydrogen) atoms. The molecule has 0 atom stereocenters. The highest BCUT2D eigenvalue weighted by atomic mass is 15.1. The average molecular weight is 957 g/mol. The number of rotatable bonds is 16. The first kappa shape index (κ1) is 50.0. The molecule has 0 unspecified atom stereocenters. The van der Waals surface area contributed by atoms with Crippen molar-refractivity contribution in [3.8, 4) is 22.3 Å². The van der Waals surface area contributed by atoms with Crippen LogP contribution in [0, 0.1) is 41.5 Å². The fraction of sp³-hybridized carbons (Fsp3) is 0.0833. The van der Waals surface area contributed by atoms with Crippen LogP contribution in [0.1, 0.15) is 55.6 Å². The predicted octanol–water partition coefficient (Wildman–Crippen LogP) is 20.4. The fourth-order valence-electron chi connectivity index (χ4n) is 9.37. The Morgan fingerprint density at radius 2 is 0.527 bits per heavy atom. The summed E-state index contributed by atoms with van der Waals surface area (Å²) in [4.78, 5) is 4.71. The normalized spacial score (nSPS) is 11.9. The number of hydrogen-bond donors (Lipinski definition) is 0. The minimum absolute atomic E-state index is 1.11. The van der Waals surface area contributed by atoms with Crippen LogP contribution in [0.5, 0.6) is 0 Å². The summed E-state index contributed by atoms with van der Waals surface area (Å²) in [6, 6.07) is 74.8. The lowest BCUT2D eigenvalue weighted by molar-refractivity contribution is 1.24. The lowest BCUT2D eigenvalue weighted by Gasteiger charge is -2.27. The molecular formula is C72H64N2. The molecule has 0 fully saturated rings. The van der Waals surface area contributed by atoms with Crippen molar-refractivity contribution in [2.75, 3.05) is 9.80 Å². The van der Waals surface area contributed by atoms with Gasteiger partial charge in [-0.05, 0) is 158 Å². The molecular weight excluding hydrogens is 893 g/mol. The second-order valence-corrected chi connectivity index (χ2v) is 19.1. The standard InChI is InChI=1S/C72H64N2/c1-53-17-15-23-61(51-53)21-13-9-7-11-19-59-27-39-67(40-28-59)73(71-47-25-55(3)49-57(71)5)69-43-35-65(36-44-69)63-31-33-64(34-32-63)66-37-45-70(46-38-66)74(72-48-26-56(4)50-58(72)6)68-41-29-60(30-42-68)20-12-8-10-14-22-62-24-16-18-54(2)52-62/h7-52H,1-6H3. The monoisotopic (exact) mass is 957 g/mol. The van der Waals surface area contributed by atoms with Crippen LogP contribution in [0.25, 0.3) is 46.6 Å². The molecule has 0 N–H and O–H groups in total. The lowest BCUT2D eigenvalue weighted by atomic mass is 9.99.